The van der Waals surface area contributed by atoms with Crippen LogP contribution >= 0.6 is 23.4 Å². The van der Waals surface area contributed by atoms with E-state index in [1.54, 1.807) is 46.0 Å². The first-order valence-corrected chi connectivity index (χ1v) is 9.62. The molecule has 0 radical (unpaired) electrons. The van der Waals surface area contributed by atoms with Crippen LogP contribution in [-0.2, 0) is 11.3 Å². The Bertz CT molecular complexity index is 918. The third-order valence-electron chi connectivity index (χ3n) is 3.83. The average molecular weight is 406 g/mol. The maximum absolute atomic E-state index is 13.3. The molecule has 6 nitrogen and oxygen atoms in total. The van der Waals surface area contributed by atoms with Gasteiger partial charge < -0.3 is 4.90 Å². The highest BCUT2D eigenvalue weighted by molar-refractivity contribution is 7.99. The number of hydrogen-bond donors (Lipinski definition) is 0. The lowest BCUT2D eigenvalue weighted by Crippen LogP contribution is -2.31. The highest BCUT2D eigenvalue weighted by Crippen LogP contribution is 2.20. The maximum atomic E-state index is 13.3. The monoisotopic (exact) mass is 405 g/mol. The van der Waals surface area contributed by atoms with Gasteiger partial charge >= 0.3 is 0 Å². The number of thioether (sulfide) groups is 1. The van der Waals surface area contributed by atoms with Gasteiger partial charge in [-0.1, -0.05) is 35.5 Å². The topological polar surface area (TPSA) is 63.9 Å². The largest absolute Gasteiger partial charge is 0.338 e. The van der Waals surface area contributed by atoms with Gasteiger partial charge in [-0.15, -0.1) is 5.10 Å². The van der Waals surface area contributed by atoms with Crippen LogP contribution in [0, 0.1) is 5.82 Å². The quantitative estimate of drug-likeness (QED) is 0.562. The Morgan fingerprint density at radius 1 is 1.26 bits per heavy atom. The average Bonchev–Trinajstić information content (AvgIpc) is 3.13. The molecule has 0 atom stereocenters. The van der Waals surface area contributed by atoms with Crippen LogP contribution in [-0.4, -0.2) is 43.3 Å². The maximum Gasteiger partial charge on any atom is 0.233 e. The number of tetrazole rings is 1. The summed E-state index contributed by atoms with van der Waals surface area (Å²) in [6, 6.07) is 13.3. The Hall–Kier alpha value is -2.45. The van der Waals surface area contributed by atoms with Gasteiger partial charge in [-0.05, 0) is 59.3 Å². The predicted molar refractivity (Wildman–Crippen MR) is 102 cm³/mol. The summed E-state index contributed by atoms with van der Waals surface area (Å²) in [5.74, 6) is -0.207. The van der Waals surface area contributed by atoms with Gasteiger partial charge in [0.1, 0.15) is 5.82 Å². The van der Waals surface area contributed by atoms with E-state index >= 15 is 0 Å². The first-order chi connectivity index (χ1) is 13.1. The van der Waals surface area contributed by atoms with E-state index in [0.29, 0.717) is 23.3 Å². The Morgan fingerprint density at radius 3 is 2.74 bits per heavy atom. The molecule has 0 aliphatic rings. The summed E-state index contributed by atoms with van der Waals surface area (Å²) in [5.41, 5.74) is 1.51. The van der Waals surface area contributed by atoms with E-state index in [2.05, 4.69) is 15.5 Å². The summed E-state index contributed by atoms with van der Waals surface area (Å²) in [4.78, 5) is 14.2. The number of amides is 1. The number of carbonyl (C=O) groups excluding carboxylic acids is 1. The number of carbonyl (C=O) groups is 1. The number of halogens is 2. The second kappa shape index (κ2) is 8.96. The fraction of sp³-hybridized carbons (Fsp3) is 0.222. The van der Waals surface area contributed by atoms with Crippen molar-refractivity contribution >= 4 is 29.3 Å². The van der Waals surface area contributed by atoms with Gasteiger partial charge in [0.05, 0.1) is 11.4 Å². The molecule has 3 aromatic rings. The van der Waals surface area contributed by atoms with Crippen LogP contribution in [0.5, 0.6) is 0 Å². The van der Waals surface area contributed by atoms with Crippen LogP contribution in [0.15, 0.2) is 53.7 Å². The minimum Gasteiger partial charge on any atom is -0.338 e. The molecule has 0 aliphatic heterocycles. The SMILES string of the molecule is CCN(Cc1cccc(F)c1)C(=O)CSc1nnnn1-c1ccc(Cl)cc1. The predicted octanol–water partition coefficient (Wildman–Crippen LogP) is 3.60. The normalized spacial score (nSPS) is 10.8. The summed E-state index contributed by atoms with van der Waals surface area (Å²) in [6.45, 7) is 2.77. The van der Waals surface area contributed by atoms with Crippen molar-refractivity contribution in [1.29, 1.82) is 0 Å². The van der Waals surface area contributed by atoms with Crippen LogP contribution in [0.25, 0.3) is 5.69 Å². The molecule has 1 amide bonds. The number of benzene rings is 2. The molecule has 0 fully saturated rings. The van der Waals surface area contributed by atoms with E-state index in [1.165, 1.54) is 23.9 Å². The van der Waals surface area contributed by atoms with E-state index < -0.39 is 0 Å². The highest BCUT2D eigenvalue weighted by atomic mass is 35.5. The number of rotatable bonds is 7. The molecule has 0 unspecified atom stereocenters. The zero-order valence-corrected chi connectivity index (χ0v) is 16.1. The summed E-state index contributed by atoms with van der Waals surface area (Å²) in [7, 11) is 0. The third kappa shape index (κ3) is 5.05. The molecule has 2 aromatic carbocycles. The zero-order valence-electron chi connectivity index (χ0n) is 14.5. The van der Waals surface area contributed by atoms with Gasteiger partial charge in [0.25, 0.3) is 0 Å². The molecule has 1 heterocycles. The Labute approximate surface area is 165 Å². The fourth-order valence-electron chi connectivity index (χ4n) is 2.46. The van der Waals surface area contributed by atoms with E-state index in [0.717, 1.165) is 11.3 Å². The number of nitrogens with zero attached hydrogens (tertiary/aromatic N) is 5. The summed E-state index contributed by atoms with van der Waals surface area (Å²) >= 11 is 7.15. The van der Waals surface area contributed by atoms with E-state index in [1.807, 2.05) is 6.92 Å². The van der Waals surface area contributed by atoms with Crippen molar-refractivity contribution in [2.75, 3.05) is 12.3 Å². The smallest absolute Gasteiger partial charge is 0.233 e. The molecule has 0 spiro atoms. The second-order valence-electron chi connectivity index (χ2n) is 5.68. The minimum atomic E-state index is -0.312. The van der Waals surface area contributed by atoms with Crippen molar-refractivity contribution in [2.24, 2.45) is 0 Å². The Kier molecular flexibility index (Phi) is 6.41. The van der Waals surface area contributed by atoms with Gasteiger partial charge in [-0.25, -0.2) is 4.39 Å². The lowest BCUT2D eigenvalue weighted by Gasteiger charge is -2.20. The molecule has 0 N–H and O–H groups in total. The van der Waals surface area contributed by atoms with E-state index in [-0.39, 0.29) is 17.5 Å². The van der Waals surface area contributed by atoms with Crippen LogP contribution in [0.2, 0.25) is 5.02 Å². The fourth-order valence-corrected chi connectivity index (χ4v) is 3.38. The van der Waals surface area contributed by atoms with Gasteiger partial charge in [0.2, 0.25) is 11.1 Å². The first kappa shape index (κ1) is 19.3. The molecule has 0 aliphatic carbocycles. The third-order valence-corrected chi connectivity index (χ3v) is 4.99. The summed E-state index contributed by atoms with van der Waals surface area (Å²) in [5, 5.41) is 12.7. The first-order valence-electron chi connectivity index (χ1n) is 8.26. The molecule has 0 bridgehead atoms. The molecule has 3 rings (SSSR count). The lowest BCUT2D eigenvalue weighted by atomic mass is 10.2. The van der Waals surface area contributed by atoms with Gasteiger partial charge in [-0.3, -0.25) is 4.79 Å². The molecule has 140 valence electrons. The van der Waals surface area contributed by atoms with Crippen molar-refractivity contribution in [3.8, 4) is 5.69 Å². The molecule has 27 heavy (non-hydrogen) atoms. The van der Waals surface area contributed by atoms with Crippen LogP contribution in [0.4, 0.5) is 4.39 Å². The van der Waals surface area contributed by atoms with Crippen molar-refractivity contribution in [3.63, 3.8) is 0 Å². The minimum absolute atomic E-state index is 0.0718. The lowest BCUT2D eigenvalue weighted by molar-refractivity contribution is -0.128. The standard InChI is InChI=1S/C18H17ClFN5OS/c1-2-24(11-13-4-3-5-15(20)10-13)17(26)12-27-18-21-22-23-25(18)16-8-6-14(19)7-9-16/h3-10H,2,11-12H2,1H3. The zero-order chi connectivity index (χ0) is 19.2. The van der Waals surface area contributed by atoms with Crippen molar-refractivity contribution in [2.45, 2.75) is 18.6 Å². The summed E-state index contributed by atoms with van der Waals surface area (Å²) in [6.07, 6.45) is 0. The van der Waals surface area contributed by atoms with Crippen LogP contribution in [0.3, 0.4) is 0 Å². The van der Waals surface area contributed by atoms with E-state index in [4.69, 9.17) is 11.6 Å². The van der Waals surface area contributed by atoms with Crippen LogP contribution < -0.4 is 0 Å². The molecule has 0 saturated carbocycles. The van der Waals surface area contributed by atoms with Gasteiger partial charge in [-0.2, -0.15) is 4.68 Å². The molecule has 1 aromatic heterocycles. The van der Waals surface area contributed by atoms with Gasteiger partial charge in [0, 0.05) is 18.1 Å². The van der Waals surface area contributed by atoms with Crippen molar-refractivity contribution in [3.05, 3.63) is 64.9 Å². The number of hydrogen-bond acceptors (Lipinski definition) is 5. The molecular weight excluding hydrogens is 389 g/mol. The van der Waals surface area contributed by atoms with Crippen LogP contribution in [0.1, 0.15) is 12.5 Å². The second-order valence-corrected chi connectivity index (χ2v) is 7.06. The van der Waals surface area contributed by atoms with E-state index in [9.17, 15) is 9.18 Å². The summed E-state index contributed by atoms with van der Waals surface area (Å²) < 4.78 is 14.9. The van der Waals surface area contributed by atoms with Gasteiger partial charge in [0.15, 0.2) is 0 Å². The van der Waals surface area contributed by atoms with Crippen molar-refractivity contribution < 1.29 is 9.18 Å². The molecular formula is C18H17ClFN5OS. The Morgan fingerprint density at radius 2 is 2.04 bits per heavy atom. The van der Waals surface area contributed by atoms with Crippen molar-refractivity contribution in [1.82, 2.24) is 25.1 Å². The molecule has 0 saturated heterocycles. The highest BCUT2D eigenvalue weighted by Gasteiger charge is 2.16. The Balaban J connectivity index is 1.65. The molecule has 9 heteroatoms. The number of aromatic nitrogens is 4.